The number of nitrogens with two attached hydrogens (primary N) is 1. The molecular formula is C16H24ClNO2. The molecule has 1 aliphatic carbocycles. The van der Waals surface area contributed by atoms with Gasteiger partial charge in [0.1, 0.15) is 0 Å². The summed E-state index contributed by atoms with van der Waals surface area (Å²) < 4.78 is 0. The molecule has 3 nitrogen and oxygen atoms in total. The van der Waals surface area contributed by atoms with E-state index in [0.29, 0.717) is 23.4 Å². The van der Waals surface area contributed by atoms with E-state index in [9.17, 15) is 9.90 Å². The van der Waals surface area contributed by atoms with Crippen LogP contribution >= 0.6 is 11.6 Å². The van der Waals surface area contributed by atoms with Gasteiger partial charge in [-0.15, -0.1) is 0 Å². The topological polar surface area (TPSA) is 63.3 Å². The molecule has 112 valence electrons. The molecule has 1 unspecified atom stereocenters. The molecule has 1 aliphatic rings. The first-order chi connectivity index (χ1) is 9.50. The summed E-state index contributed by atoms with van der Waals surface area (Å²) in [6, 6.07) is 0. The van der Waals surface area contributed by atoms with Crippen molar-refractivity contribution in [1.29, 1.82) is 0 Å². The maximum absolute atomic E-state index is 11.7. The third kappa shape index (κ3) is 4.80. The number of amides is 1. The molecule has 0 saturated carbocycles. The Morgan fingerprint density at radius 2 is 2.10 bits per heavy atom. The lowest BCUT2D eigenvalue weighted by atomic mass is 9.85. The Kier molecular flexibility index (Phi) is 7.03. The Balaban J connectivity index is 2.69. The lowest BCUT2D eigenvalue weighted by Gasteiger charge is -2.27. The van der Waals surface area contributed by atoms with E-state index in [1.54, 1.807) is 24.3 Å². The number of hydrogen-bond acceptors (Lipinski definition) is 2. The van der Waals surface area contributed by atoms with Gasteiger partial charge in [-0.2, -0.15) is 0 Å². The summed E-state index contributed by atoms with van der Waals surface area (Å²) in [6.07, 6.45) is 13.1. The number of rotatable bonds is 8. The van der Waals surface area contributed by atoms with E-state index >= 15 is 0 Å². The molecule has 1 rings (SSSR count). The van der Waals surface area contributed by atoms with Crippen LogP contribution in [0.25, 0.3) is 0 Å². The largest absolute Gasteiger partial charge is 0.376 e. The van der Waals surface area contributed by atoms with Crippen molar-refractivity contribution in [3.8, 4) is 0 Å². The number of allylic oxidation sites excluding steroid dienone is 5. The molecule has 0 heterocycles. The van der Waals surface area contributed by atoms with Gasteiger partial charge < -0.3 is 10.8 Å². The summed E-state index contributed by atoms with van der Waals surface area (Å²) >= 11 is 5.92. The minimum absolute atomic E-state index is 0.372. The molecule has 0 aromatic carbocycles. The second kappa shape index (κ2) is 8.28. The van der Waals surface area contributed by atoms with E-state index in [1.165, 1.54) is 12.8 Å². The predicted octanol–water partition coefficient (Wildman–Crippen LogP) is 3.57. The van der Waals surface area contributed by atoms with Crippen molar-refractivity contribution in [2.45, 2.75) is 57.5 Å². The Bertz CT molecular complexity index is 423. The van der Waals surface area contributed by atoms with Gasteiger partial charge in [0.15, 0.2) is 5.60 Å². The fraction of sp³-hybridized carbons (Fsp3) is 0.562. The van der Waals surface area contributed by atoms with Gasteiger partial charge >= 0.3 is 0 Å². The van der Waals surface area contributed by atoms with Crippen LogP contribution in [0.5, 0.6) is 0 Å². The molecule has 0 aliphatic heterocycles. The van der Waals surface area contributed by atoms with E-state index in [4.69, 9.17) is 17.3 Å². The van der Waals surface area contributed by atoms with Gasteiger partial charge in [0.2, 0.25) is 0 Å². The van der Waals surface area contributed by atoms with Crippen molar-refractivity contribution in [2.24, 2.45) is 5.73 Å². The van der Waals surface area contributed by atoms with Gasteiger partial charge in [-0.3, -0.25) is 4.79 Å². The summed E-state index contributed by atoms with van der Waals surface area (Å²) in [5.41, 5.74) is 4.48. The zero-order valence-corrected chi connectivity index (χ0v) is 12.8. The van der Waals surface area contributed by atoms with Crippen molar-refractivity contribution in [3.05, 3.63) is 34.9 Å². The lowest BCUT2D eigenvalue weighted by Crippen LogP contribution is -2.45. The van der Waals surface area contributed by atoms with Crippen molar-refractivity contribution in [1.82, 2.24) is 0 Å². The molecule has 0 saturated heterocycles. The minimum atomic E-state index is -1.56. The van der Waals surface area contributed by atoms with Crippen LogP contribution in [-0.4, -0.2) is 16.6 Å². The van der Waals surface area contributed by atoms with Crippen LogP contribution < -0.4 is 5.73 Å². The van der Waals surface area contributed by atoms with Gasteiger partial charge in [-0.1, -0.05) is 62.4 Å². The highest BCUT2D eigenvalue weighted by Gasteiger charge is 2.36. The molecule has 3 N–H and O–H groups in total. The van der Waals surface area contributed by atoms with E-state index in [-0.39, 0.29) is 0 Å². The average molecular weight is 298 g/mol. The molecule has 0 spiro atoms. The van der Waals surface area contributed by atoms with Gasteiger partial charge in [-0.25, -0.2) is 0 Å². The predicted molar refractivity (Wildman–Crippen MR) is 83.3 cm³/mol. The Morgan fingerprint density at radius 3 is 2.75 bits per heavy atom. The highest BCUT2D eigenvalue weighted by atomic mass is 35.5. The number of aliphatic hydroxyl groups is 1. The number of hydrogen-bond donors (Lipinski definition) is 2. The maximum atomic E-state index is 11.7. The van der Waals surface area contributed by atoms with Gasteiger partial charge in [0.05, 0.1) is 0 Å². The summed E-state index contributed by atoms with van der Waals surface area (Å²) in [6.45, 7) is 2.15. The van der Waals surface area contributed by atoms with Crippen LogP contribution in [0.3, 0.4) is 0 Å². The second-order valence-electron chi connectivity index (χ2n) is 5.23. The number of halogens is 1. The van der Waals surface area contributed by atoms with Gasteiger partial charge in [0, 0.05) is 5.03 Å². The van der Waals surface area contributed by atoms with Crippen molar-refractivity contribution < 1.29 is 9.90 Å². The van der Waals surface area contributed by atoms with E-state index < -0.39 is 11.5 Å². The first kappa shape index (κ1) is 17.0. The molecule has 4 heteroatoms. The first-order valence-corrected chi connectivity index (χ1v) is 7.64. The summed E-state index contributed by atoms with van der Waals surface area (Å²) in [5.74, 6) is -0.681. The summed E-state index contributed by atoms with van der Waals surface area (Å²) in [4.78, 5) is 11.7. The fourth-order valence-electron chi connectivity index (χ4n) is 2.33. The van der Waals surface area contributed by atoms with Gasteiger partial charge in [-0.05, 0) is 30.9 Å². The second-order valence-corrected chi connectivity index (χ2v) is 5.67. The molecule has 0 aromatic rings. The smallest absolute Gasteiger partial charge is 0.253 e. The molecular weight excluding hydrogens is 274 g/mol. The molecule has 0 bridgehead atoms. The number of primary amides is 1. The molecule has 1 atom stereocenters. The zero-order chi connectivity index (χ0) is 15.0. The van der Waals surface area contributed by atoms with Crippen LogP contribution in [0.2, 0.25) is 0 Å². The quantitative estimate of drug-likeness (QED) is 0.673. The third-order valence-electron chi connectivity index (χ3n) is 3.65. The van der Waals surface area contributed by atoms with Crippen molar-refractivity contribution in [3.63, 3.8) is 0 Å². The van der Waals surface area contributed by atoms with Gasteiger partial charge in [0.25, 0.3) is 5.91 Å². The molecule has 0 aromatic heterocycles. The first-order valence-electron chi connectivity index (χ1n) is 7.26. The summed E-state index contributed by atoms with van der Waals surface area (Å²) in [5, 5.41) is 11.2. The highest BCUT2D eigenvalue weighted by molar-refractivity contribution is 6.31. The normalized spacial score (nSPS) is 17.9. The summed E-state index contributed by atoms with van der Waals surface area (Å²) in [7, 11) is 0. The number of unbranched alkanes of at least 4 members (excludes halogenated alkanes) is 4. The molecule has 20 heavy (non-hydrogen) atoms. The average Bonchev–Trinajstić information content (AvgIpc) is 2.63. The van der Waals surface area contributed by atoms with E-state index in [1.807, 2.05) is 0 Å². The number of carbonyl (C=O) groups excluding carboxylic acids is 1. The standard InChI is InChI=1S/C16H24ClNO2/c1-2-3-4-5-6-12-16(20,15(18)19)13-8-7-9-14(17)11-10-13/h7-9,11,20H,2-6,10,12H2,1H3,(H2,18,19). The van der Waals surface area contributed by atoms with E-state index in [2.05, 4.69) is 6.92 Å². The van der Waals surface area contributed by atoms with Crippen LogP contribution in [0.15, 0.2) is 34.9 Å². The van der Waals surface area contributed by atoms with Crippen molar-refractivity contribution >= 4 is 17.5 Å². The van der Waals surface area contributed by atoms with Crippen LogP contribution in [0.1, 0.15) is 51.9 Å². The molecule has 0 radical (unpaired) electrons. The number of carbonyl (C=O) groups is 1. The molecule has 0 fully saturated rings. The fourth-order valence-corrected chi connectivity index (χ4v) is 2.48. The molecule has 1 amide bonds. The van der Waals surface area contributed by atoms with E-state index in [0.717, 1.165) is 19.3 Å². The SMILES string of the molecule is CCCCCCCC(O)(C(N)=O)C1=CC=CC(Cl)=CC1. The highest BCUT2D eigenvalue weighted by Crippen LogP contribution is 2.29. The van der Waals surface area contributed by atoms with Crippen LogP contribution in [0, 0.1) is 0 Å². The lowest BCUT2D eigenvalue weighted by molar-refractivity contribution is -0.133. The monoisotopic (exact) mass is 297 g/mol. The maximum Gasteiger partial charge on any atom is 0.253 e. The minimum Gasteiger partial charge on any atom is -0.376 e. The Morgan fingerprint density at radius 1 is 1.40 bits per heavy atom. The van der Waals surface area contributed by atoms with Crippen LogP contribution in [-0.2, 0) is 4.79 Å². The van der Waals surface area contributed by atoms with Crippen LogP contribution in [0.4, 0.5) is 0 Å². The Labute approximate surface area is 126 Å². The Hall–Kier alpha value is -1.06. The van der Waals surface area contributed by atoms with Crippen molar-refractivity contribution in [2.75, 3.05) is 0 Å². The third-order valence-corrected chi connectivity index (χ3v) is 3.93. The zero-order valence-electron chi connectivity index (χ0n) is 12.1.